The molecule has 1 N–H and O–H groups in total. The molecule has 1 aliphatic heterocycles. The number of nitrogens with one attached hydrogen (secondary N) is 1. The van der Waals surface area contributed by atoms with Crippen molar-refractivity contribution >= 4 is 17.2 Å². The van der Waals surface area contributed by atoms with Gasteiger partial charge in [-0.15, -0.1) is 11.3 Å². The molecule has 26 heavy (non-hydrogen) atoms. The average Bonchev–Trinajstić information content (AvgIpc) is 3.19. The van der Waals surface area contributed by atoms with Crippen LogP contribution in [-0.2, 0) is 4.79 Å². The van der Waals surface area contributed by atoms with Gasteiger partial charge in [-0.05, 0) is 30.5 Å². The summed E-state index contributed by atoms with van der Waals surface area (Å²) < 4.78 is 5.76. The molecule has 140 valence electrons. The zero-order valence-corrected chi connectivity index (χ0v) is 16.1. The summed E-state index contributed by atoms with van der Waals surface area (Å²) in [6, 6.07) is 14.1. The lowest BCUT2D eigenvalue weighted by molar-refractivity contribution is -0.123. The molecule has 1 aliphatic rings. The second-order valence-electron chi connectivity index (χ2n) is 6.58. The van der Waals surface area contributed by atoms with Gasteiger partial charge in [0.25, 0.3) is 0 Å². The number of benzene rings is 1. The first-order valence-corrected chi connectivity index (χ1v) is 10.0. The van der Waals surface area contributed by atoms with Crippen LogP contribution in [0.5, 0.6) is 5.75 Å². The molecule has 1 amide bonds. The van der Waals surface area contributed by atoms with E-state index in [-0.39, 0.29) is 11.9 Å². The van der Waals surface area contributed by atoms with E-state index in [1.165, 1.54) is 4.88 Å². The summed E-state index contributed by atoms with van der Waals surface area (Å²) in [4.78, 5) is 18.1. The van der Waals surface area contributed by atoms with Crippen molar-refractivity contribution in [1.29, 1.82) is 0 Å². The molecule has 1 aromatic heterocycles. The third kappa shape index (κ3) is 5.83. The second-order valence-corrected chi connectivity index (χ2v) is 7.56. The summed E-state index contributed by atoms with van der Waals surface area (Å²) >= 11 is 1.68. The number of carbonyl (C=O) groups excluding carboxylic acids is 1. The first kappa shape index (κ1) is 18.9. The van der Waals surface area contributed by atoms with E-state index in [4.69, 9.17) is 4.74 Å². The number of amides is 1. The maximum atomic E-state index is 12.2. The molecule has 3 rings (SSSR count). The summed E-state index contributed by atoms with van der Waals surface area (Å²) in [5.41, 5.74) is 0. The number of piperazine rings is 1. The fraction of sp³-hybridized carbons (Fsp3) is 0.450. The average molecular weight is 374 g/mol. The molecule has 0 bridgehead atoms. The Hall–Kier alpha value is -1.89. The molecule has 0 spiro atoms. The molecular formula is C20H27N3O2S. The van der Waals surface area contributed by atoms with Gasteiger partial charge in [0.2, 0.25) is 5.91 Å². The molecule has 0 aliphatic carbocycles. The highest BCUT2D eigenvalue weighted by Gasteiger charge is 2.19. The Morgan fingerprint density at radius 3 is 2.54 bits per heavy atom. The van der Waals surface area contributed by atoms with Gasteiger partial charge in [0.05, 0.1) is 12.6 Å². The van der Waals surface area contributed by atoms with Gasteiger partial charge in [-0.2, -0.15) is 0 Å². The number of rotatable bonds is 8. The Kier molecular flexibility index (Phi) is 7.05. The maximum Gasteiger partial charge on any atom is 0.234 e. The minimum Gasteiger partial charge on any atom is -0.492 e. The van der Waals surface area contributed by atoms with Crippen LogP contribution in [0.3, 0.4) is 0 Å². The van der Waals surface area contributed by atoms with E-state index in [1.54, 1.807) is 11.3 Å². The van der Waals surface area contributed by atoms with E-state index >= 15 is 0 Å². The highest BCUT2D eigenvalue weighted by molar-refractivity contribution is 7.10. The number of nitrogens with zero attached hydrogens (tertiary/aromatic N) is 2. The van der Waals surface area contributed by atoms with Crippen molar-refractivity contribution in [2.75, 3.05) is 45.9 Å². The zero-order valence-electron chi connectivity index (χ0n) is 15.3. The summed E-state index contributed by atoms with van der Waals surface area (Å²) in [7, 11) is 0. The van der Waals surface area contributed by atoms with E-state index in [0.717, 1.165) is 38.5 Å². The smallest absolute Gasteiger partial charge is 0.234 e. The Balaban J connectivity index is 1.31. The number of thiophene rings is 1. The SMILES string of the molecule is CC(NC(=O)CN1CCN(CCOc2ccccc2)CC1)c1cccs1. The predicted octanol–water partition coefficient (Wildman–Crippen LogP) is 2.62. The summed E-state index contributed by atoms with van der Waals surface area (Å²) in [5.74, 6) is 1.02. The van der Waals surface area contributed by atoms with Gasteiger partial charge >= 0.3 is 0 Å². The Bertz CT molecular complexity index is 655. The van der Waals surface area contributed by atoms with E-state index in [2.05, 4.69) is 21.2 Å². The Labute approximate surface area is 159 Å². The fourth-order valence-corrected chi connectivity index (χ4v) is 3.81. The Morgan fingerprint density at radius 1 is 1.12 bits per heavy atom. The molecule has 2 heterocycles. The van der Waals surface area contributed by atoms with Crippen LogP contribution in [0, 0.1) is 0 Å². The van der Waals surface area contributed by atoms with Gasteiger partial charge in [-0.1, -0.05) is 24.3 Å². The van der Waals surface area contributed by atoms with Gasteiger partial charge in [0.15, 0.2) is 0 Å². The minimum absolute atomic E-state index is 0.0823. The van der Waals surface area contributed by atoms with Gasteiger partial charge in [-0.3, -0.25) is 14.6 Å². The van der Waals surface area contributed by atoms with Crippen molar-refractivity contribution in [1.82, 2.24) is 15.1 Å². The van der Waals surface area contributed by atoms with Gasteiger partial charge in [-0.25, -0.2) is 0 Å². The number of hydrogen-bond donors (Lipinski definition) is 1. The molecule has 1 fully saturated rings. The van der Waals surface area contributed by atoms with Crippen LogP contribution < -0.4 is 10.1 Å². The van der Waals surface area contributed by atoms with E-state index in [1.807, 2.05) is 48.7 Å². The normalized spacial score (nSPS) is 17.0. The molecule has 1 aromatic carbocycles. The maximum absolute atomic E-state index is 12.2. The largest absolute Gasteiger partial charge is 0.492 e. The van der Waals surface area contributed by atoms with Crippen LogP contribution >= 0.6 is 11.3 Å². The summed E-state index contributed by atoms with van der Waals surface area (Å²) in [5, 5.41) is 5.13. The van der Waals surface area contributed by atoms with Crippen molar-refractivity contribution in [2.24, 2.45) is 0 Å². The first-order chi connectivity index (χ1) is 12.7. The second kappa shape index (κ2) is 9.71. The highest BCUT2D eigenvalue weighted by Crippen LogP contribution is 2.18. The van der Waals surface area contributed by atoms with Crippen LogP contribution in [0.4, 0.5) is 0 Å². The minimum atomic E-state index is 0.0823. The summed E-state index contributed by atoms with van der Waals surface area (Å²) in [6.45, 7) is 7.93. The van der Waals surface area contributed by atoms with Crippen molar-refractivity contribution in [2.45, 2.75) is 13.0 Å². The molecule has 0 saturated carbocycles. The number of para-hydroxylation sites is 1. The summed E-state index contributed by atoms with van der Waals surface area (Å²) in [6.07, 6.45) is 0. The number of hydrogen-bond acceptors (Lipinski definition) is 5. The van der Waals surface area contributed by atoms with Crippen molar-refractivity contribution in [3.8, 4) is 5.75 Å². The van der Waals surface area contributed by atoms with Crippen LogP contribution in [0.15, 0.2) is 47.8 Å². The molecular weight excluding hydrogens is 346 g/mol. The van der Waals surface area contributed by atoms with Gasteiger partial charge < -0.3 is 10.1 Å². The lowest BCUT2D eigenvalue weighted by atomic mass is 10.2. The quantitative estimate of drug-likeness (QED) is 0.773. The standard InChI is InChI=1S/C20H27N3O2S/c1-17(19-8-5-15-26-19)21-20(24)16-23-11-9-22(10-12-23)13-14-25-18-6-3-2-4-7-18/h2-8,15,17H,9-14,16H2,1H3,(H,21,24). The molecule has 1 unspecified atom stereocenters. The molecule has 2 aromatic rings. The van der Waals surface area contributed by atoms with Gasteiger partial charge in [0.1, 0.15) is 12.4 Å². The molecule has 1 saturated heterocycles. The highest BCUT2D eigenvalue weighted by atomic mass is 32.1. The van der Waals surface area contributed by atoms with Crippen molar-refractivity contribution in [3.05, 3.63) is 52.7 Å². The predicted molar refractivity (Wildman–Crippen MR) is 106 cm³/mol. The lowest BCUT2D eigenvalue weighted by Gasteiger charge is -2.34. The third-order valence-electron chi connectivity index (χ3n) is 4.60. The topological polar surface area (TPSA) is 44.8 Å². The van der Waals surface area contributed by atoms with Crippen LogP contribution in [0.1, 0.15) is 17.8 Å². The zero-order chi connectivity index (χ0) is 18.2. The number of ether oxygens (including phenoxy) is 1. The fourth-order valence-electron chi connectivity index (χ4n) is 3.08. The van der Waals surface area contributed by atoms with Crippen LogP contribution in [0.2, 0.25) is 0 Å². The molecule has 5 nitrogen and oxygen atoms in total. The van der Waals surface area contributed by atoms with Crippen molar-refractivity contribution in [3.63, 3.8) is 0 Å². The number of carbonyl (C=O) groups is 1. The van der Waals surface area contributed by atoms with Crippen molar-refractivity contribution < 1.29 is 9.53 Å². The van der Waals surface area contributed by atoms with E-state index in [0.29, 0.717) is 13.2 Å². The molecule has 6 heteroatoms. The molecule has 0 radical (unpaired) electrons. The van der Waals surface area contributed by atoms with Crippen LogP contribution in [-0.4, -0.2) is 61.6 Å². The lowest BCUT2D eigenvalue weighted by Crippen LogP contribution is -2.50. The molecule has 1 atom stereocenters. The Morgan fingerprint density at radius 2 is 1.85 bits per heavy atom. The first-order valence-electron chi connectivity index (χ1n) is 9.16. The van der Waals surface area contributed by atoms with Gasteiger partial charge in [0, 0.05) is 37.6 Å². The monoisotopic (exact) mass is 373 g/mol. The van der Waals surface area contributed by atoms with E-state index in [9.17, 15) is 4.79 Å². The van der Waals surface area contributed by atoms with Crippen LogP contribution in [0.25, 0.3) is 0 Å². The van der Waals surface area contributed by atoms with E-state index < -0.39 is 0 Å². The third-order valence-corrected chi connectivity index (χ3v) is 5.65.